The van der Waals surface area contributed by atoms with Gasteiger partial charge in [-0.05, 0) is 31.9 Å². The van der Waals surface area contributed by atoms with Gasteiger partial charge in [0, 0.05) is 26.1 Å². The second-order valence-electron chi connectivity index (χ2n) is 6.13. The van der Waals surface area contributed by atoms with Crippen molar-refractivity contribution in [3.8, 4) is 0 Å². The Balaban J connectivity index is 1.86. The van der Waals surface area contributed by atoms with E-state index >= 15 is 0 Å². The molecule has 0 aromatic carbocycles. The zero-order valence-corrected chi connectivity index (χ0v) is 14.2. The van der Waals surface area contributed by atoms with Crippen molar-refractivity contribution in [3.63, 3.8) is 0 Å². The summed E-state index contributed by atoms with van der Waals surface area (Å²) in [6, 6.07) is 1.89. The highest BCUT2D eigenvalue weighted by Gasteiger charge is 2.33. The summed E-state index contributed by atoms with van der Waals surface area (Å²) in [5.41, 5.74) is -0.945. The van der Waals surface area contributed by atoms with Crippen LogP contribution in [0.25, 0.3) is 0 Å². The maximum atomic E-state index is 12.6. The van der Waals surface area contributed by atoms with Crippen LogP contribution in [0.15, 0.2) is 12.1 Å². The maximum absolute atomic E-state index is 12.6. The molecule has 1 aromatic rings. The Bertz CT molecular complexity index is 624. The van der Waals surface area contributed by atoms with E-state index < -0.39 is 17.8 Å². The van der Waals surface area contributed by atoms with Crippen molar-refractivity contribution in [1.29, 1.82) is 0 Å². The third kappa shape index (κ3) is 5.44. The molecule has 1 fully saturated rings. The van der Waals surface area contributed by atoms with E-state index in [1.54, 1.807) is 0 Å². The molecule has 1 aromatic heterocycles. The molecule has 25 heavy (non-hydrogen) atoms. The molecule has 1 aliphatic rings. The molecule has 1 saturated heterocycles. The lowest BCUT2D eigenvalue weighted by Crippen LogP contribution is -2.35. The van der Waals surface area contributed by atoms with Crippen LogP contribution in [0.3, 0.4) is 0 Å². The van der Waals surface area contributed by atoms with Gasteiger partial charge in [-0.3, -0.25) is 9.59 Å². The molecule has 2 heterocycles. The summed E-state index contributed by atoms with van der Waals surface area (Å²) in [7, 11) is 0. The molecule has 0 unspecified atom stereocenters. The van der Waals surface area contributed by atoms with Crippen LogP contribution >= 0.6 is 0 Å². The van der Waals surface area contributed by atoms with E-state index in [9.17, 15) is 22.8 Å². The Morgan fingerprint density at radius 1 is 1.16 bits per heavy atom. The van der Waals surface area contributed by atoms with Crippen molar-refractivity contribution < 1.29 is 22.8 Å². The first-order valence-corrected chi connectivity index (χ1v) is 8.40. The van der Waals surface area contributed by atoms with Crippen LogP contribution in [0.4, 0.5) is 13.2 Å². The van der Waals surface area contributed by atoms with Crippen LogP contribution in [0.2, 0.25) is 0 Å². The second kappa shape index (κ2) is 8.31. The molecular formula is C17H22F3N3O2. The quantitative estimate of drug-likeness (QED) is 0.901. The number of rotatable bonds is 4. The Morgan fingerprint density at radius 2 is 1.80 bits per heavy atom. The first-order valence-electron chi connectivity index (χ1n) is 8.40. The van der Waals surface area contributed by atoms with Gasteiger partial charge in [0.2, 0.25) is 5.91 Å². The number of hydrogen-bond donors (Lipinski definition) is 1. The predicted molar refractivity (Wildman–Crippen MR) is 86.0 cm³/mol. The van der Waals surface area contributed by atoms with Crippen molar-refractivity contribution in [3.05, 3.63) is 29.1 Å². The zero-order valence-electron chi connectivity index (χ0n) is 14.2. The molecule has 1 aliphatic heterocycles. The van der Waals surface area contributed by atoms with Crippen LogP contribution in [0.1, 0.15) is 53.8 Å². The number of amides is 2. The monoisotopic (exact) mass is 357 g/mol. The second-order valence-corrected chi connectivity index (χ2v) is 6.13. The summed E-state index contributed by atoms with van der Waals surface area (Å²) in [5, 5.41) is 2.58. The number of alkyl halides is 3. The maximum Gasteiger partial charge on any atom is 0.433 e. The SMILES string of the molecule is Cc1nc(C(F)(F)F)ccc1C(=O)NCCC(=O)N1CCCCCC1. The lowest BCUT2D eigenvalue weighted by atomic mass is 10.1. The molecule has 0 radical (unpaired) electrons. The van der Waals surface area contributed by atoms with Crippen LogP contribution in [0.5, 0.6) is 0 Å². The van der Waals surface area contributed by atoms with E-state index in [0.29, 0.717) is 0 Å². The lowest BCUT2D eigenvalue weighted by Gasteiger charge is -2.20. The smallest absolute Gasteiger partial charge is 0.351 e. The minimum atomic E-state index is -4.54. The minimum absolute atomic E-state index is 0.00571. The van der Waals surface area contributed by atoms with Gasteiger partial charge in [0.15, 0.2) is 0 Å². The number of nitrogens with one attached hydrogen (secondary N) is 1. The van der Waals surface area contributed by atoms with Gasteiger partial charge in [0.05, 0.1) is 11.3 Å². The van der Waals surface area contributed by atoms with Crippen LogP contribution in [0, 0.1) is 6.92 Å². The molecule has 0 spiro atoms. The summed E-state index contributed by atoms with van der Waals surface area (Å²) in [5.74, 6) is -0.535. The van der Waals surface area contributed by atoms with Crippen LogP contribution in [-0.2, 0) is 11.0 Å². The average Bonchev–Trinajstić information content (AvgIpc) is 2.83. The number of aromatic nitrogens is 1. The van der Waals surface area contributed by atoms with E-state index in [2.05, 4.69) is 10.3 Å². The number of carbonyl (C=O) groups is 2. The summed E-state index contributed by atoms with van der Waals surface area (Å²) in [4.78, 5) is 29.5. The Morgan fingerprint density at radius 3 is 2.36 bits per heavy atom. The van der Waals surface area contributed by atoms with Gasteiger partial charge in [0.25, 0.3) is 5.91 Å². The van der Waals surface area contributed by atoms with Crippen molar-refractivity contribution in [2.24, 2.45) is 0 Å². The van der Waals surface area contributed by atoms with Crippen molar-refractivity contribution in [2.75, 3.05) is 19.6 Å². The molecule has 0 atom stereocenters. The normalized spacial score (nSPS) is 15.6. The standard InChI is InChI=1S/C17H22F3N3O2/c1-12-13(6-7-14(22-12)17(18,19)20)16(25)21-9-8-15(24)23-10-4-2-3-5-11-23/h6-7H,2-5,8-11H2,1H3,(H,21,25). The number of pyridine rings is 1. The summed E-state index contributed by atoms with van der Waals surface area (Å²) >= 11 is 0. The highest BCUT2D eigenvalue weighted by molar-refractivity contribution is 5.95. The van der Waals surface area contributed by atoms with E-state index in [1.165, 1.54) is 6.92 Å². The van der Waals surface area contributed by atoms with Crippen molar-refractivity contribution in [2.45, 2.75) is 45.2 Å². The zero-order chi connectivity index (χ0) is 18.4. The van der Waals surface area contributed by atoms with Gasteiger partial charge in [-0.2, -0.15) is 13.2 Å². The summed E-state index contributed by atoms with van der Waals surface area (Å²) in [6.07, 6.45) is -0.122. The fourth-order valence-corrected chi connectivity index (χ4v) is 2.82. The van der Waals surface area contributed by atoms with Crippen molar-refractivity contribution in [1.82, 2.24) is 15.2 Å². The highest BCUT2D eigenvalue weighted by atomic mass is 19.4. The fourth-order valence-electron chi connectivity index (χ4n) is 2.82. The molecule has 0 bridgehead atoms. The number of likely N-dealkylation sites (tertiary alicyclic amines) is 1. The summed E-state index contributed by atoms with van der Waals surface area (Å²) < 4.78 is 37.8. The number of carbonyl (C=O) groups excluding carboxylic acids is 2. The van der Waals surface area contributed by atoms with Crippen molar-refractivity contribution >= 4 is 11.8 Å². The third-order valence-electron chi connectivity index (χ3n) is 4.20. The fraction of sp³-hybridized carbons (Fsp3) is 0.588. The molecule has 2 rings (SSSR count). The van der Waals surface area contributed by atoms with Crippen LogP contribution in [-0.4, -0.2) is 41.3 Å². The van der Waals surface area contributed by atoms with E-state index in [1.807, 2.05) is 4.90 Å². The van der Waals surface area contributed by atoms with E-state index in [-0.39, 0.29) is 30.1 Å². The van der Waals surface area contributed by atoms with Gasteiger partial charge >= 0.3 is 6.18 Å². The van der Waals surface area contributed by atoms with Gasteiger partial charge in [-0.15, -0.1) is 0 Å². The Hall–Kier alpha value is -2.12. The highest BCUT2D eigenvalue weighted by Crippen LogP contribution is 2.28. The number of halogens is 3. The molecule has 0 aliphatic carbocycles. The van der Waals surface area contributed by atoms with Crippen LogP contribution < -0.4 is 5.32 Å². The lowest BCUT2D eigenvalue weighted by molar-refractivity contribution is -0.141. The van der Waals surface area contributed by atoms with Gasteiger partial charge < -0.3 is 10.2 Å². The molecule has 5 nitrogen and oxygen atoms in total. The number of hydrogen-bond acceptors (Lipinski definition) is 3. The topological polar surface area (TPSA) is 62.3 Å². The minimum Gasteiger partial charge on any atom is -0.351 e. The molecule has 0 saturated carbocycles. The average molecular weight is 357 g/mol. The molecule has 8 heteroatoms. The molecular weight excluding hydrogens is 335 g/mol. The van der Waals surface area contributed by atoms with E-state index in [0.717, 1.165) is 50.9 Å². The molecule has 138 valence electrons. The molecule has 1 N–H and O–H groups in total. The third-order valence-corrected chi connectivity index (χ3v) is 4.20. The van der Waals surface area contributed by atoms with Gasteiger partial charge in [-0.25, -0.2) is 4.98 Å². The van der Waals surface area contributed by atoms with Gasteiger partial charge in [-0.1, -0.05) is 12.8 Å². The first-order chi connectivity index (χ1) is 11.8. The molecule has 2 amide bonds. The van der Waals surface area contributed by atoms with Gasteiger partial charge in [0.1, 0.15) is 5.69 Å². The Labute approximate surface area is 144 Å². The Kier molecular flexibility index (Phi) is 6.39. The largest absolute Gasteiger partial charge is 0.433 e. The van der Waals surface area contributed by atoms with E-state index in [4.69, 9.17) is 0 Å². The number of nitrogens with zero attached hydrogens (tertiary/aromatic N) is 2. The first kappa shape index (κ1) is 19.2. The summed E-state index contributed by atoms with van der Waals surface area (Å²) in [6.45, 7) is 2.99. The number of aryl methyl sites for hydroxylation is 1. The predicted octanol–water partition coefficient (Wildman–Crippen LogP) is 2.93.